The second-order valence-electron chi connectivity index (χ2n) is 5.88. The number of benzene rings is 2. The first-order chi connectivity index (χ1) is 10.1. The summed E-state index contributed by atoms with van der Waals surface area (Å²) in [6.07, 6.45) is 0.159. The lowest BCUT2D eigenvalue weighted by Gasteiger charge is -2.22. The van der Waals surface area contributed by atoms with E-state index >= 15 is 0 Å². The van der Waals surface area contributed by atoms with E-state index in [9.17, 15) is 5.11 Å². The van der Waals surface area contributed by atoms with Crippen molar-refractivity contribution in [1.82, 2.24) is 4.90 Å². The molecule has 110 valence electrons. The van der Waals surface area contributed by atoms with Gasteiger partial charge in [0.05, 0.1) is 0 Å². The van der Waals surface area contributed by atoms with Crippen LogP contribution in [0.25, 0.3) is 0 Å². The maximum Gasteiger partial charge on any atom is 0.124 e. The van der Waals surface area contributed by atoms with Gasteiger partial charge < -0.3 is 9.84 Å². The second kappa shape index (κ2) is 5.78. The lowest BCUT2D eigenvalue weighted by atomic mass is 10.1. The van der Waals surface area contributed by atoms with E-state index in [0.717, 1.165) is 30.9 Å². The topological polar surface area (TPSA) is 32.7 Å². The van der Waals surface area contributed by atoms with Crippen LogP contribution in [-0.2, 0) is 13.1 Å². The standard InChI is InChI=1S/C18H21NO2/c1-13-6-7-18-16(8-13)12-19(10-14(2)21-18)11-15-4-3-5-17(20)9-15/h3-9,14,20H,10-12H2,1-2H3/t14-/m0/s1. The van der Waals surface area contributed by atoms with Gasteiger partial charge in [0, 0.05) is 25.2 Å². The highest BCUT2D eigenvalue weighted by Crippen LogP contribution is 2.27. The molecule has 0 unspecified atom stereocenters. The Hall–Kier alpha value is -2.00. The van der Waals surface area contributed by atoms with Crippen molar-refractivity contribution in [2.24, 2.45) is 0 Å². The van der Waals surface area contributed by atoms with Crippen molar-refractivity contribution in [3.05, 3.63) is 59.2 Å². The number of phenols is 1. The average molecular weight is 283 g/mol. The average Bonchev–Trinajstić information content (AvgIpc) is 2.56. The molecule has 1 aliphatic rings. The van der Waals surface area contributed by atoms with Crippen molar-refractivity contribution in [2.45, 2.75) is 33.0 Å². The third-order valence-electron chi connectivity index (χ3n) is 3.77. The summed E-state index contributed by atoms with van der Waals surface area (Å²) in [6.45, 7) is 6.77. The largest absolute Gasteiger partial charge is 0.508 e. The highest BCUT2D eigenvalue weighted by Gasteiger charge is 2.20. The normalized spacial score (nSPS) is 18.7. The molecule has 21 heavy (non-hydrogen) atoms. The van der Waals surface area contributed by atoms with Crippen LogP contribution in [0, 0.1) is 6.92 Å². The van der Waals surface area contributed by atoms with E-state index in [-0.39, 0.29) is 6.10 Å². The van der Waals surface area contributed by atoms with Crippen LogP contribution in [-0.4, -0.2) is 22.7 Å². The first kappa shape index (κ1) is 14.0. The van der Waals surface area contributed by atoms with Crippen LogP contribution in [0.15, 0.2) is 42.5 Å². The molecule has 0 fully saturated rings. The Balaban J connectivity index is 1.83. The van der Waals surface area contributed by atoms with E-state index in [4.69, 9.17) is 4.74 Å². The van der Waals surface area contributed by atoms with Crippen molar-refractivity contribution in [2.75, 3.05) is 6.54 Å². The molecule has 2 aromatic carbocycles. The number of aryl methyl sites for hydroxylation is 1. The number of phenolic OH excluding ortho intramolecular Hbond substituents is 1. The molecule has 0 saturated heterocycles. The zero-order valence-electron chi connectivity index (χ0n) is 12.5. The van der Waals surface area contributed by atoms with Gasteiger partial charge in [0.2, 0.25) is 0 Å². The molecule has 3 heteroatoms. The van der Waals surface area contributed by atoms with Crippen molar-refractivity contribution in [3.8, 4) is 11.5 Å². The summed E-state index contributed by atoms with van der Waals surface area (Å²) >= 11 is 0. The molecule has 0 amide bonds. The fraction of sp³-hybridized carbons (Fsp3) is 0.333. The lowest BCUT2D eigenvalue weighted by molar-refractivity contribution is 0.156. The Bertz CT molecular complexity index is 639. The van der Waals surface area contributed by atoms with Crippen LogP contribution < -0.4 is 4.74 Å². The molecule has 0 spiro atoms. The molecule has 0 aromatic heterocycles. The maximum atomic E-state index is 9.60. The minimum absolute atomic E-state index is 0.159. The van der Waals surface area contributed by atoms with Gasteiger partial charge in [-0.05, 0) is 37.6 Å². The second-order valence-corrected chi connectivity index (χ2v) is 5.88. The van der Waals surface area contributed by atoms with E-state index < -0.39 is 0 Å². The van der Waals surface area contributed by atoms with Gasteiger partial charge >= 0.3 is 0 Å². The van der Waals surface area contributed by atoms with Crippen molar-refractivity contribution < 1.29 is 9.84 Å². The smallest absolute Gasteiger partial charge is 0.124 e. The molecule has 1 N–H and O–H groups in total. The van der Waals surface area contributed by atoms with Gasteiger partial charge in [0.15, 0.2) is 0 Å². The van der Waals surface area contributed by atoms with Crippen molar-refractivity contribution in [3.63, 3.8) is 0 Å². The number of ether oxygens (including phenoxy) is 1. The minimum Gasteiger partial charge on any atom is -0.508 e. The molecule has 1 heterocycles. The molecular formula is C18H21NO2. The first-order valence-electron chi connectivity index (χ1n) is 7.36. The van der Waals surface area contributed by atoms with Crippen LogP contribution in [0.3, 0.4) is 0 Å². The Morgan fingerprint density at radius 1 is 1.24 bits per heavy atom. The van der Waals surface area contributed by atoms with E-state index in [1.165, 1.54) is 11.1 Å². The SMILES string of the molecule is Cc1ccc2c(c1)CN(Cc1cccc(O)c1)C[C@H](C)O2. The highest BCUT2D eigenvalue weighted by atomic mass is 16.5. The predicted octanol–water partition coefficient (Wildman–Crippen LogP) is 3.48. The van der Waals surface area contributed by atoms with E-state index in [1.807, 2.05) is 18.2 Å². The zero-order valence-corrected chi connectivity index (χ0v) is 12.5. The summed E-state index contributed by atoms with van der Waals surface area (Å²) < 4.78 is 6.01. The quantitative estimate of drug-likeness (QED) is 0.916. The van der Waals surface area contributed by atoms with Gasteiger partial charge in [-0.15, -0.1) is 0 Å². The summed E-state index contributed by atoms with van der Waals surface area (Å²) in [5.41, 5.74) is 3.61. The first-order valence-corrected chi connectivity index (χ1v) is 7.36. The van der Waals surface area contributed by atoms with E-state index in [2.05, 4.69) is 36.9 Å². The van der Waals surface area contributed by atoms with Gasteiger partial charge in [-0.25, -0.2) is 0 Å². The number of aromatic hydroxyl groups is 1. The maximum absolute atomic E-state index is 9.60. The summed E-state index contributed by atoms with van der Waals surface area (Å²) in [4.78, 5) is 2.37. The van der Waals surface area contributed by atoms with Gasteiger partial charge in [-0.3, -0.25) is 4.90 Å². The molecule has 0 aliphatic carbocycles. The molecule has 3 rings (SSSR count). The van der Waals surface area contributed by atoms with Crippen molar-refractivity contribution in [1.29, 1.82) is 0 Å². The predicted molar refractivity (Wildman–Crippen MR) is 83.5 cm³/mol. The molecule has 0 radical (unpaired) electrons. The molecule has 0 saturated carbocycles. The Morgan fingerprint density at radius 2 is 2.10 bits per heavy atom. The Morgan fingerprint density at radius 3 is 2.90 bits per heavy atom. The van der Waals surface area contributed by atoms with Gasteiger partial charge in [0.25, 0.3) is 0 Å². The van der Waals surface area contributed by atoms with Gasteiger partial charge in [0.1, 0.15) is 17.6 Å². The van der Waals surface area contributed by atoms with Crippen LogP contribution >= 0.6 is 0 Å². The van der Waals surface area contributed by atoms with E-state index in [1.54, 1.807) is 6.07 Å². The van der Waals surface area contributed by atoms with Crippen LogP contribution in [0.5, 0.6) is 11.5 Å². The minimum atomic E-state index is 0.159. The molecular weight excluding hydrogens is 262 g/mol. The number of fused-ring (bicyclic) bond motifs is 1. The van der Waals surface area contributed by atoms with Crippen LogP contribution in [0.2, 0.25) is 0 Å². The molecule has 3 nitrogen and oxygen atoms in total. The van der Waals surface area contributed by atoms with Crippen LogP contribution in [0.1, 0.15) is 23.6 Å². The summed E-state index contributed by atoms with van der Waals surface area (Å²) in [5, 5.41) is 9.60. The Kier molecular flexibility index (Phi) is 3.84. The van der Waals surface area contributed by atoms with Gasteiger partial charge in [-0.2, -0.15) is 0 Å². The number of hydrogen-bond donors (Lipinski definition) is 1. The zero-order chi connectivity index (χ0) is 14.8. The monoisotopic (exact) mass is 283 g/mol. The number of rotatable bonds is 2. The molecule has 2 aromatic rings. The summed E-state index contributed by atoms with van der Waals surface area (Å²) in [7, 11) is 0. The lowest BCUT2D eigenvalue weighted by Crippen LogP contribution is -2.30. The highest BCUT2D eigenvalue weighted by molar-refractivity contribution is 5.37. The number of nitrogens with zero attached hydrogens (tertiary/aromatic N) is 1. The summed E-state index contributed by atoms with van der Waals surface area (Å²) in [6, 6.07) is 13.8. The Labute approximate surface area is 125 Å². The van der Waals surface area contributed by atoms with Crippen molar-refractivity contribution >= 4 is 0 Å². The van der Waals surface area contributed by atoms with Gasteiger partial charge in [-0.1, -0.05) is 29.8 Å². The number of hydrogen-bond acceptors (Lipinski definition) is 3. The summed E-state index contributed by atoms with van der Waals surface area (Å²) in [5.74, 6) is 1.31. The fourth-order valence-corrected chi connectivity index (χ4v) is 2.90. The van der Waals surface area contributed by atoms with E-state index in [0.29, 0.717) is 5.75 Å². The van der Waals surface area contributed by atoms with Crippen LogP contribution in [0.4, 0.5) is 0 Å². The third kappa shape index (κ3) is 3.37. The fourth-order valence-electron chi connectivity index (χ4n) is 2.90. The molecule has 0 bridgehead atoms. The third-order valence-corrected chi connectivity index (χ3v) is 3.77. The molecule has 1 atom stereocenters. The molecule has 1 aliphatic heterocycles.